The van der Waals surface area contributed by atoms with Crippen molar-refractivity contribution in [2.45, 2.75) is 13.0 Å². The number of amidine groups is 1. The maximum Gasteiger partial charge on any atom is 0.317 e. The fourth-order valence-electron chi connectivity index (χ4n) is 1.21. The monoisotopic (exact) mass is 224 g/mol. The molecule has 0 unspecified atom stereocenters. The summed E-state index contributed by atoms with van der Waals surface area (Å²) in [5.41, 5.74) is 6.46. The molecule has 1 aromatic rings. The minimum Gasteiger partial charge on any atom is -0.455 e. The summed E-state index contributed by atoms with van der Waals surface area (Å²) in [7, 11) is 0. The zero-order chi connectivity index (χ0) is 11.5. The Hall–Kier alpha value is -1.89. The molecular weight excluding hydrogens is 212 g/mol. The van der Waals surface area contributed by atoms with E-state index in [9.17, 15) is 0 Å². The summed E-state index contributed by atoms with van der Waals surface area (Å²) < 4.78 is 10.4. The Labute approximate surface area is 91.9 Å². The lowest BCUT2D eigenvalue weighted by atomic mass is 10.3. The molecular formula is C9H12N4O3. The number of hydrogen-bond acceptors (Lipinski definition) is 6. The van der Waals surface area contributed by atoms with Crippen molar-refractivity contribution in [3.8, 4) is 6.01 Å². The molecule has 0 saturated carbocycles. The van der Waals surface area contributed by atoms with Crippen LogP contribution in [0, 0.1) is 6.92 Å². The smallest absolute Gasteiger partial charge is 0.317 e. The third-order valence-corrected chi connectivity index (χ3v) is 2.08. The average Bonchev–Trinajstić information content (AvgIpc) is 2.21. The number of ether oxygens (including phenoxy) is 2. The third kappa shape index (κ3) is 2.19. The molecule has 0 spiro atoms. The molecule has 0 aromatic carbocycles. The fraction of sp³-hybridized carbons (Fsp3) is 0.444. The molecule has 1 fully saturated rings. The van der Waals surface area contributed by atoms with Gasteiger partial charge in [0, 0.05) is 5.69 Å². The first-order chi connectivity index (χ1) is 7.69. The van der Waals surface area contributed by atoms with Crippen LogP contribution in [0.3, 0.4) is 0 Å². The lowest BCUT2D eigenvalue weighted by Crippen LogP contribution is -2.39. The summed E-state index contributed by atoms with van der Waals surface area (Å²) >= 11 is 0. The van der Waals surface area contributed by atoms with E-state index in [0.29, 0.717) is 24.6 Å². The first kappa shape index (κ1) is 10.6. The Morgan fingerprint density at radius 1 is 1.62 bits per heavy atom. The molecule has 1 aliphatic rings. The van der Waals surface area contributed by atoms with Gasteiger partial charge in [-0.05, 0) is 13.0 Å². The van der Waals surface area contributed by atoms with Crippen LogP contribution in [0.2, 0.25) is 0 Å². The minimum absolute atomic E-state index is 0.0121. The molecule has 1 aliphatic heterocycles. The molecule has 0 aliphatic carbocycles. The Kier molecular flexibility index (Phi) is 2.86. The first-order valence-electron chi connectivity index (χ1n) is 4.77. The van der Waals surface area contributed by atoms with Crippen molar-refractivity contribution in [3.05, 3.63) is 17.5 Å². The highest BCUT2D eigenvalue weighted by atomic mass is 16.6. The van der Waals surface area contributed by atoms with Gasteiger partial charge < -0.3 is 20.4 Å². The van der Waals surface area contributed by atoms with Gasteiger partial charge in [0.25, 0.3) is 0 Å². The normalized spacial score (nSPS) is 16.9. The summed E-state index contributed by atoms with van der Waals surface area (Å²) in [4.78, 5) is 8.11. The van der Waals surface area contributed by atoms with Crippen LogP contribution >= 0.6 is 0 Å². The molecule has 1 saturated heterocycles. The second kappa shape index (κ2) is 4.31. The van der Waals surface area contributed by atoms with Crippen LogP contribution in [0.15, 0.2) is 11.2 Å². The summed E-state index contributed by atoms with van der Waals surface area (Å²) in [6, 6.07) is 1.83. The zero-order valence-corrected chi connectivity index (χ0v) is 8.75. The van der Waals surface area contributed by atoms with Crippen LogP contribution in [-0.4, -0.2) is 40.3 Å². The van der Waals surface area contributed by atoms with E-state index in [-0.39, 0.29) is 18.0 Å². The van der Waals surface area contributed by atoms with Crippen molar-refractivity contribution in [3.63, 3.8) is 0 Å². The third-order valence-electron chi connectivity index (χ3n) is 2.08. The Morgan fingerprint density at radius 2 is 2.38 bits per heavy atom. The highest BCUT2D eigenvalue weighted by Gasteiger charge is 2.21. The van der Waals surface area contributed by atoms with Crippen molar-refractivity contribution in [1.82, 2.24) is 9.97 Å². The largest absolute Gasteiger partial charge is 0.455 e. The van der Waals surface area contributed by atoms with Crippen LogP contribution in [0.4, 0.5) is 0 Å². The van der Waals surface area contributed by atoms with Crippen LogP contribution in [0.5, 0.6) is 6.01 Å². The van der Waals surface area contributed by atoms with E-state index in [2.05, 4.69) is 15.1 Å². The van der Waals surface area contributed by atoms with Gasteiger partial charge in [0.05, 0.1) is 13.2 Å². The highest BCUT2D eigenvalue weighted by Crippen LogP contribution is 2.12. The van der Waals surface area contributed by atoms with Crippen LogP contribution in [-0.2, 0) is 4.74 Å². The molecule has 0 bridgehead atoms. The van der Waals surface area contributed by atoms with Crippen molar-refractivity contribution in [2.24, 2.45) is 10.9 Å². The predicted octanol–water partition coefficient (Wildman–Crippen LogP) is -0.343. The molecule has 2 rings (SSSR count). The predicted molar refractivity (Wildman–Crippen MR) is 54.5 cm³/mol. The SMILES string of the molecule is Cc1cc(/C(N)=N/O)nc(OC2COC2)n1. The van der Waals surface area contributed by atoms with E-state index < -0.39 is 0 Å². The number of oxime groups is 1. The molecule has 0 amide bonds. The quantitative estimate of drug-likeness (QED) is 0.315. The number of aromatic nitrogens is 2. The average molecular weight is 224 g/mol. The number of hydrogen-bond donors (Lipinski definition) is 2. The van der Waals surface area contributed by atoms with Crippen molar-refractivity contribution in [2.75, 3.05) is 13.2 Å². The molecule has 2 heterocycles. The Balaban J connectivity index is 2.20. The standard InChI is InChI=1S/C9H12N4O3/c1-5-2-7(8(10)13-14)12-9(11-5)16-6-3-15-4-6/h2,6,14H,3-4H2,1H3,(H2,10,13). The first-order valence-corrected chi connectivity index (χ1v) is 4.77. The van der Waals surface area contributed by atoms with Gasteiger partial charge in [0.2, 0.25) is 0 Å². The number of nitrogens with two attached hydrogens (primary N) is 1. The molecule has 0 atom stereocenters. The summed E-state index contributed by atoms with van der Waals surface area (Å²) in [5, 5.41) is 11.4. The van der Waals surface area contributed by atoms with Gasteiger partial charge in [0.15, 0.2) is 5.84 Å². The van der Waals surface area contributed by atoms with E-state index in [1.165, 1.54) is 0 Å². The summed E-state index contributed by atoms with van der Waals surface area (Å²) in [6.45, 7) is 2.85. The van der Waals surface area contributed by atoms with E-state index in [1.807, 2.05) is 0 Å². The van der Waals surface area contributed by atoms with E-state index in [4.69, 9.17) is 20.4 Å². The fourth-order valence-corrected chi connectivity index (χ4v) is 1.21. The lowest BCUT2D eigenvalue weighted by molar-refractivity contribution is -0.0831. The second-order valence-corrected chi connectivity index (χ2v) is 3.44. The maximum atomic E-state index is 8.55. The molecule has 86 valence electrons. The maximum absolute atomic E-state index is 8.55. The number of nitrogens with zero attached hydrogens (tertiary/aromatic N) is 3. The summed E-state index contributed by atoms with van der Waals surface area (Å²) in [6.07, 6.45) is -0.0121. The van der Waals surface area contributed by atoms with Crippen molar-refractivity contribution in [1.29, 1.82) is 0 Å². The molecule has 7 nitrogen and oxygen atoms in total. The van der Waals surface area contributed by atoms with Gasteiger partial charge in [-0.2, -0.15) is 4.98 Å². The highest BCUT2D eigenvalue weighted by molar-refractivity contribution is 5.95. The topological polar surface area (TPSA) is 103 Å². The van der Waals surface area contributed by atoms with Gasteiger partial charge >= 0.3 is 6.01 Å². The number of aryl methyl sites for hydroxylation is 1. The number of rotatable bonds is 3. The Morgan fingerprint density at radius 3 is 2.94 bits per heavy atom. The van der Waals surface area contributed by atoms with Crippen molar-refractivity contribution < 1.29 is 14.7 Å². The van der Waals surface area contributed by atoms with Crippen LogP contribution < -0.4 is 10.5 Å². The van der Waals surface area contributed by atoms with Crippen LogP contribution in [0.1, 0.15) is 11.4 Å². The van der Waals surface area contributed by atoms with Gasteiger partial charge in [-0.1, -0.05) is 5.16 Å². The van der Waals surface area contributed by atoms with E-state index in [0.717, 1.165) is 0 Å². The van der Waals surface area contributed by atoms with Crippen LogP contribution in [0.25, 0.3) is 0 Å². The zero-order valence-electron chi connectivity index (χ0n) is 8.75. The summed E-state index contributed by atoms with van der Waals surface area (Å²) in [5.74, 6) is -0.0693. The van der Waals surface area contributed by atoms with Gasteiger partial charge in [-0.15, -0.1) is 0 Å². The van der Waals surface area contributed by atoms with Crippen molar-refractivity contribution >= 4 is 5.84 Å². The molecule has 1 aromatic heterocycles. The van der Waals surface area contributed by atoms with E-state index >= 15 is 0 Å². The van der Waals surface area contributed by atoms with Gasteiger partial charge in [-0.3, -0.25) is 0 Å². The molecule has 7 heteroatoms. The van der Waals surface area contributed by atoms with Gasteiger partial charge in [0.1, 0.15) is 11.8 Å². The lowest BCUT2D eigenvalue weighted by Gasteiger charge is -2.25. The second-order valence-electron chi connectivity index (χ2n) is 3.44. The Bertz CT molecular complexity index is 417. The van der Waals surface area contributed by atoms with E-state index in [1.54, 1.807) is 13.0 Å². The molecule has 16 heavy (non-hydrogen) atoms. The minimum atomic E-state index is -0.0693. The molecule has 3 N–H and O–H groups in total. The van der Waals surface area contributed by atoms with Gasteiger partial charge in [-0.25, -0.2) is 4.98 Å². The molecule has 0 radical (unpaired) electrons.